The maximum absolute atomic E-state index is 13.0. The molecule has 0 rings (SSSR count). The van der Waals surface area contributed by atoms with Crippen LogP contribution in [0.15, 0.2) is 48.6 Å². The molecule has 0 aliphatic heterocycles. The topological polar surface area (TPSA) is 111 Å². The highest BCUT2D eigenvalue weighted by atomic mass is 16.7. The summed E-state index contributed by atoms with van der Waals surface area (Å²) in [5.74, 6) is -2.25. The lowest BCUT2D eigenvalue weighted by Gasteiger charge is -2.26. The molecule has 0 radical (unpaired) electrons. The first kappa shape index (κ1) is 90.2. The van der Waals surface area contributed by atoms with Crippen molar-refractivity contribution in [3.8, 4) is 0 Å². The zero-order chi connectivity index (χ0) is 67.5. The standard InChI is InChI=1S/C84H157NO8/c1-6-8-10-12-14-16-18-20-22-24-26-28-30-32-34-36-37-38-39-40-41-42-43-44-45-47-49-51-53-55-57-59-61-63-65-67-69-71-73-75-82(87)93-80(79-92-84(83(88)89)90-77-76-85(3,4)5)78-91-81(86)74-72-70-68-66-64-62-60-58-56-54-52-50-48-46-35-33-31-29-27-25-23-21-19-17-15-13-11-9-7-2/h8,10,14,16,20,22,26,28,80,84H,6-7,9,11-13,15,17-19,21,23-25,27,29-79H2,1-5H3/b10-8-,16-14-,22-20-,28-26-. The number of nitrogens with zero attached hydrogens (tertiary/aromatic N) is 1. The van der Waals surface area contributed by atoms with Crippen molar-refractivity contribution in [2.24, 2.45) is 0 Å². The molecular formula is C84H157NO8. The van der Waals surface area contributed by atoms with Gasteiger partial charge < -0.3 is 33.3 Å². The van der Waals surface area contributed by atoms with Gasteiger partial charge in [-0.05, 0) is 51.4 Å². The van der Waals surface area contributed by atoms with Crippen molar-refractivity contribution < 1.29 is 42.9 Å². The van der Waals surface area contributed by atoms with Gasteiger partial charge >= 0.3 is 11.9 Å². The Morgan fingerprint density at radius 1 is 0.333 bits per heavy atom. The van der Waals surface area contributed by atoms with Gasteiger partial charge in [0.25, 0.3) is 0 Å². The van der Waals surface area contributed by atoms with Crippen molar-refractivity contribution in [3.63, 3.8) is 0 Å². The number of aliphatic carboxylic acids is 1. The van der Waals surface area contributed by atoms with Crippen molar-refractivity contribution >= 4 is 17.9 Å². The molecule has 2 unspecified atom stereocenters. The summed E-state index contributed by atoms with van der Waals surface area (Å²) in [6, 6.07) is 0. The minimum Gasteiger partial charge on any atom is -0.545 e. The Kier molecular flexibility index (Phi) is 72.8. The van der Waals surface area contributed by atoms with E-state index in [0.717, 1.165) is 64.2 Å². The third-order valence-corrected chi connectivity index (χ3v) is 18.6. The van der Waals surface area contributed by atoms with Gasteiger partial charge in [0.2, 0.25) is 0 Å². The Labute approximate surface area is 578 Å². The van der Waals surface area contributed by atoms with Crippen LogP contribution in [0.4, 0.5) is 0 Å². The van der Waals surface area contributed by atoms with E-state index in [0.29, 0.717) is 17.4 Å². The van der Waals surface area contributed by atoms with E-state index in [2.05, 4.69) is 62.5 Å². The van der Waals surface area contributed by atoms with E-state index in [-0.39, 0.29) is 32.2 Å². The lowest BCUT2D eigenvalue weighted by molar-refractivity contribution is -0.870. The van der Waals surface area contributed by atoms with Gasteiger partial charge in [0.05, 0.1) is 40.3 Å². The van der Waals surface area contributed by atoms with Crippen molar-refractivity contribution in [3.05, 3.63) is 48.6 Å². The number of esters is 2. The van der Waals surface area contributed by atoms with Gasteiger partial charge in [-0.1, -0.05) is 396 Å². The SMILES string of the molecule is CC/C=C\C/C=C\C/C=C\C/C=C\CCCCCCCCCCCCCCCCCCCCCCCCCCCCC(=O)OC(COC(=O)CCCCCCCCCCCCCCCCCCCCCCCCCCCCCCC)COC(OCC[N+](C)(C)C)C(=O)[O-]. The van der Waals surface area contributed by atoms with E-state index < -0.39 is 24.3 Å². The number of carboxylic acids is 1. The number of unbranched alkanes of at least 4 members (excludes halogenated alkanes) is 54. The van der Waals surface area contributed by atoms with Crippen LogP contribution in [0.5, 0.6) is 0 Å². The smallest absolute Gasteiger partial charge is 0.306 e. The molecule has 0 aliphatic carbocycles. The molecule has 546 valence electrons. The minimum absolute atomic E-state index is 0.152. The first-order valence-corrected chi connectivity index (χ1v) is 40.8. The molecule has 0 aliphatic rings. The van der Waals surface area contributed by atoms with Crippen LogP contribution in [0, 0.1) is 0 Å². The number of hydrogen-bond donors (Lipinski definition) is 0. The number of carboxylic acid groups (broad SMARTS) is 1. The van der Waals surface area contributed by atoms with Gasteiger partial charge in [-0.3, -0.25) is 9.59 Å². The first-order valence-electron chi connectivity index (χ1n) is 40.8. The van der Waals surface area contributed by atoms with Gasteiger partial charge in [0.15, 0.2) is 12.4 Å². The maximum Gasteiger partial charge on any atom is 0.306 e. The van der Waals surface area contributed by atoms with Gasteiger partial charge in [-0.2, -0.15) is 0 Å². The molecule has 0 saturated heterocycles. The Balaban J connectivity index is 3.94. The lowest BCUT2D eigenvalue weighted by Crippen LogP contribution is -2.44. The van der Waals surface area contributed by atoms with Gasteiger partial charge in [-0.25, -0.2) is 0 Å². The van der Waals surface area contributed by atoms with Crippen molar-refractivity contribution in [1.82, 2.24) is 0 Å². The van der Waals surface area contributed by atoms with Crippen LogP contribution in [0.25, 0.3) is 0 Å². The highest BCUT2D eigenvalue weighted by Gasteiger charge is 2.22. The van der Waals surface area contributed by atoms with E-state index in [1.165, 1.54) is 321 Å². The maximum atomic E-state index is 13.0. The fourth-order valence-electron chi connectivity index (χ4n) is 12.4. The summed E-state index contributed by atoms with van der Waals surface area (Å²) < 4.78 is 22.9. The molecule has 93 heavy (non-hydrogen) atoms. The van der Waals surface area contributed by atoms with Crippen molar-refractivity contribution in [2.45, 2.75) is 424 Å². The molecule has 0 heterocycles. The van der Waals surface area contributed by atoms with E-state index in [9.17, 15) is 19.5 Å². The predicted octanol–water partition coefficient (Wildman–Crippen LogP) is 24.7. The largest absolute Gasteiger partial charge is 0.545 e. The molecule has 0 N–H and O–H groups in total. The number of likely N-dealkylation sites (N-methyl/N-ethyl adjacent to an activating group) is 1. The summed E-state index contributed by atoms with van der Waals surface area (Å²) in [5.41, 5.74) is 0. The van der Waals surface area contributed by atoms with Gasteiger partial charge in [-0.15, -0.1) is 0 Å². The number of carbonyl (C=O) groups is 3. The number of quaternary nitrogens is 1. The molecular weight excluding hydrogens is 1150 g/mol. The fraction of sp³-hybridized carbons (Fsp3) is 0.869. The fourth-order valence-corrected chi connectivity index (χ4v) is 12.4. The Hall–Kier alpha value is -2.75. The van der Waals surface area contributed by atoms with Gasteiger partial charge in [0, 0.05) is 12.8 Å². The summed E-state index contributed by atoms with van der Waals surface area (Å²) >= 11 is 0. The summed E-state index contributed by atoms with van der Waals surface area (Å²) in [4.78, 5) is 37.6. The minimum atomic E-state index is -1.62. The summed E-state index contributed by atoms with van der Waals surface area (Å²) in [7, 11) is 5.95. The van der Waals surface area contributed by atoms with E-state index in [1.807, 2.05) is 21.1 Å². The Morgan fingerprint density at radius 3 is 0.914 bits per heavy atom. The number of hydrogen-bond acceptors (Lipinski definition) is 8. The molecule has 0 bridgehead atoms. The number of carbonyl (C=O) groups excluding carboxylic acids is 3. The Morgan fingerprint density at radius 2 is 0.613 bits per heavy atom. The van der Waals surface area contributed by atoms with E-state index >= 15 is 0 Å². The van der Waals surface area contributed by atoms with Crippen LogP contribution in [0.2, 0.25) is 0 Å². The monoisotopic (exact) mass is 1310 g/mol. The molecule has 0 spiro atoms. The highest BCUT2D eigenvalue weighted by Crippen LogP contribution is 2.20. The molecule has 0 fully saturated rings. The zero-order valence-corrected chi connectivity index (χ0v) is 62.7. The number of allylic oxidation sites excluding steroid dienone is 8. The van der Waals surface area contributed by atoms with Crippen LogP contribution in [0.3, 0.4) is 0 Å². The van der Waals surface area contributed by atoms with Crippen molar-refractivity contribution in [1.29, 1.82) is 0 Å². The van der Waals surface area contributed by atoms with E-state index in [1.54, 1.807) is 0 Å². The molecule has 0 aromatic carbocycles. The Bertz CT molecular complexity index is 1670. The summed E-state index contributed by atoms with van der Waals surface area (Å²) in [6.07, 6.45) is 95.4. The van der Waals surface area contributed by atoms with Crippen LogP contribution in [-0.2, 0) is 33.3 Å². The second-order valence-corrected chi connectivity index (χ2v) is 29.0. The average Bonchev–Trinajstić information content (AvgIpc) is 3.38. The third-order valence-electron chi connectivity index (χ3n) is 18.6. The molecule has 9 nitrogen and oxygen atoms in total. The van der Waals surface area contributed by atoms with Crippen molar-refractivity contribution in [2.75, 3.05) is 47.5 Å². The second kappa shape index (κ2) is 75.0. The lowest BCUT2D eigenvalue weighted by atomic mass is 10.0. The molecule has 0 amide bonds. The van der Waals surface area contributed by atoms with Crippen LogP contribution in [-0.4, -0.2) is 82.3 Å². The number of rotatable bonds is 77. The van der Waals surface area contributed by atoms with Crippen LogP contribution >= 0.6 is 0 Å². The average molecular weight is 1310 g/mol. The third kappa shape index (κ3) is 76.5. The van der Waals surface area contributed by atoms with E-state index in [4.69, 9.17) is 18.9 Å². The first-order chi connectivity index (χ1) is 45.6. The molecule has 0 aromatic heterocycles. The highest BCUT2D eigenvalue weighted by molar-refractivity contribution is 5.70. The van der Waals surface area contributed by atoms with Gasteiger partial charge in [0.1, 0.15) is 13.2 Å². The molecule has 0 saturated carbocycles. The summed E-state index contributed by atoms with van der Waals surface area (Å²) in [5, 5.41) is 11.9. The van der Waals surface area contributed by atoms with Crippen LogP contribution in [0.1, 0.15) is 412 Å². The quantitative estimate of drug-likeness (QED) is 0.0195. The zero-order valence-electron chi connectivity index (χ0n) is 62.7. The number of ether oxygens (including phenoxy) is 4. The second-order valence-electron chi connectivity index (χ2n) is 29.0. The molecule has 9 heteroatoms. The normalized spacial score (nSPS) is 12.8. The van der Waals surface area contributed by atoms with Crippen LogP contribution < -0.4 is 5.11 Å². The molecule has 0 aromatic rings. The molecule has 2 atom stereocenters. The summed E-state index contributed by atoms with van der Waals surface area (Å²) in [6.45, 7) is 4.72. The predicted molar refractivity (Wildman–Crippen MR) is 399 cm³/mol.